The van der Waals surface area contributed by atoms with Gasteiger partial charge >= 0.3 is 0 Å². The maximum absolute atomic E-state index is 13.1. The topological polar surface area (TPSA) is 83.3 Å². The third-order valence-corrected chi connectivity index (χ3v) is 6.76. The lowest BCUT2D eigenvalue weighted by Crippen LogP contribution is -2.33. The number of anilines is 1. The van der Waals surface area contributed by atoms with E-state index in [1.54, 1.807) is 24.4 Å². The molecule has 0 aromatic carbocycles. The second-order valence-corrected chi connectivity index (χ2v) is 8.20. The van der Waals surface area contributed by atoms with Gasteiger partial charge in [-0.15, -0.1) is 11.3 Å². The van der Waals surface area contributed by atoms with Gasteiger partial charge in [0, 0.05) is 11.7 Å². The number of ether oxygens (including phenoxy) is 1. The minimum absolute atomic E-state index is 0.118. The lowest BCUT2D eigenvalue weighted by molar-refractivity contribution is 0.406. The van der Waals surface area contributed by atoms with Crippen LogP contribution >= 0.6 is 11.3 Å². The zero-order valence-corrected chi connectivity index (χ0v) is 14.3. The molecular weight excluding hydrogens is 334 g/mol. The number of hydrogen-bond donors (Lipinski definition) is 0. The molecule has 0 amide bonds. The van der Waals surface area contributed by atoms with Crippen LogP contribution in [0.3, 0.4) is 0 Å². The first-order valence-electron chi connectivity index (χ1n) is 7.02. The molecule has 0 aliphatic heterocycles. The number of aromatic nitrogens is 1. The van der Waals surface area contributed by atoms with Crippen LogP contribution in [0, 0.1) is 18.3 Å². The van der Waals surface area contributed by atoms with Gasteiger partial charge in [0.25, 0.3) is 10.0 Å². The Labute approximate surface area is 139 Å². The Hall–Kier alpha value is -2.11. The van der Waals surface area contributed by atoms with Gasteiger partial charge in [-0.05, 0) is 43.3 Å². The summed E-state index contributed by atoms with van der Waals surface area (Å²) < 4.78 is 32.8. The first-order valence-corrected chi connectivity index (χ1v) is 9.34. The molecule has 1 aliphatic carbocycles. The van der Waals surface area contributed by atoms with Crippen molar-refractivity contribution in [2.24, 2.45) is 0 Å². The number of hydrogen-bond acceptors (Lipinski definition) is 6. The zero-order chi connectivity index (χ0) is 16.6. The number of sulfonamides is 1. The molecular formula is C15H15N3O3S2. The molecule has 0 radical (unpaired) electrons. The average Bonchev–Trinajstić information content (AvgIpc) is 3.20. The number of aryl methyl sites for hydroxylation is 1. The zero-order valence-electron chi connectivity index (χ0n) is 12.7. The van der Waals surface area contributed by atoms with Crippen LogP contribution in [0.15, 0.2) is 27.8 Å². The molecule has 1 aliphatic rings. The molecule has 23 heavy (non-hydrogen) atoms. The Morgan fingerprint density at radius 3 is 2.78 bits per heavy atom. The van der Waals surface area contributed by atoms with Gasteiger partial charge in [-0.1, -0.05) is 0 Å². The maximum Gasteiger partial charge on any atom is 0.279 e. The summed E-state index contributed by atoms with van der Waals surface area (Å²) in [5, 5.41) is 10.8. The van der Waals surface area contributed by atoms with Gasteiger partial charge in [0.1, 0.15) is 11.6 Å². The van der Waals surface area contributed by atoms with E-state index in [1.165, 1.54) is 17.5 Å². The van der Waals surface area contributed by atoms with E-state index < -0.39 is 10.0 Å². The molecule has 120 valence electrons. The van der Waals surface area contributed by atoms with E-state index in [-0.39, 0.29) is 10.3 Å². The maximum atomic E-state index is 13.1. The molecule has 2 heterocycles. The molecule has 3 rings (SSSR count). The van der Waals surface area contributed by atoms with Crippen LogP contribution in [0.25, 0.3) is 0 Å². The average molecular weight is 349 g/mol. The van der Waals surface area contributed by atoms with Crippen LogP contribution in [-0.4, -0.2) is 26.6 Å². The fraction of sp³-hybridized carbons (Fsp3) is 0.333. The number of pyridine rings is 1. The summed E-state index contributed by atoms with van der Waals surface area (Å²) >= 11 is 1.12. The Balaban J connectivity index is 2.13. The van der Waals surface area contributed by atoms with Crippen LogP contribution in [-0.2, 0) is 10.0 Å². The molecule has 0 unspecified atom stereocenters. The summed E-state index contributed by atoms with van der Waals surface area (Å²) in [5.41, 5.74) is 1.00. The fourth-order valence-corrected chi connectivity index (χ4v) is 5.36. The van der Waals surface area contributed by atoms with E-state index in [0.717, 1.165) is 24.2 Å². The van der Waals surface area contributed by atoms with Crippen molar-refractivity contribution in [3.63, 3.8) is 0 Å². The molecule has 2 aromatic heterocycles. The smallest absolute Gasteiger partial charge is 0.279 e. The van der Waals surface area contributed by atoms with Gasteiger partial charge in [-0.3, -0.25) is 0 Å². The van der Waals surface area contributed by atoms with E-state index in [0.29, 0.717) is 22.8 Å². The Morgan fingerprint density at radius 1 is 1.43 bits per heavy atom. The van der Waals surface area contributed by atoms with Gasteiger partial charge in [-0.25, -0.2) is 9.29 Å². The Morgan fingerprint density at radius 2 is 2.17 bits per heavy atom. The quantitative estimate of drug-likeness (QED) is 0.829. The van der Waals surface area contributed by atoms with Gasteiger partial charge in [0.05, 0.1) is 18.7 Å². The van der Waals surface area contributed by atoms with Crippen molar-refractivity contribution in [1.82, 2.24) is 4.98 Å². The first kappa shape index (κ1) is 15.8. The van der Waals surface area contributed by atoms with Crippen molar-refractivity contribution in [3.8, 4) is 11.8 Å². The number of nitrogens with zero attached hydrogens (tertiary/aromatic N) is 3. The molecule has 6 nitrogen and oxygen atoms in total. The predicted molar refractivity (Wildman–Crippen MR) is 87.2 cm³/mol. The minimum Gasteiger partial charge on any atom is -0.494 e. The highest BCUT2D eigenvalue weighted by Crippen LogP contribution is 2.40. The molecule has 0 N–H and O–H groups in total. The summed E-state index contributed by atoms with van der Waals surface area (Å²) in [6.07, 6.45) is 1.56. The van der Waals surface area contributed by atoms with E-state index in [9.17, 15) is 8.42 Å². The number of methoxy groups -OCH3 is 1. The molecule has 1 saturated carbocycles. The molecule has 0 spiro atoms. The van der Waals surface area contributed by atoms with E-state index >= 15 is 0 Å². The molecule has 8 heteroatoms. The first-order chi connectivity index (χ1) is 11.0. The van der Waals surface area contributed by atoms with Crippen LogP contribution in [0.5, 0.6) is 5.75 Å². The largest absolute Gasteiger partial charge is 0.494 e. The van der Waals surface area contributed by atoms with Crippen molar-refractivity contribution in [3.05, 3.63) is 34.8 Å². The van der Waals surface area contributed by atoms with Crippen molar-refractivity contribution >= 4 is 27.2 Å². The summed E-state index contributed by atoms with van der Waals surface area (Å²) in [6.45, 7) is 1.74. The molecule has 0 atom stereocenters. The van der Waals surface area contributed by atoms with Crippen LogP contribution in [0.2, 0.25) is 0 Å². The molecule has 2 aromatic rings. The Kier molecular flexibility index (Phi) is 4.00. The summed E-state index contributed by atoms with van der Waals surface area (Å²) in [4.78, 5) is 4.33. The van der Waals surface area contributed by atoms with E-state index in [1.807, 2.05) is 6.07 Å². The van der Waals surface area contributed by atoms with E-state index in [4.69, 9.17) is 10.00 Å². The predicted octanol–water partition coefficient (Wildman–Crippen LogP) is 2.69. The monoisotopic (exact) mass is 349 g/mol. The SMILES string of the molecule is COc1ccsc1S(=O)(=O)N(c1cc(C#N)cc(C)n1)C1CC1. The second-order valence-electron chi connectivity index (χ2n) is 5.28. The van der Waals surface area contributed by atoms with Crippen molar-refractivity contribution < 1.29 is 13.2 Å². The lowest BCUT2D eigenvalue weighted by Gasteiger charge is -2.23. The Bertz CT molecular complexity index is 880. The standard InChI is InChI=1S/C15H15N3O3S2/c1-10-7-11(9-16)8-14(17-10)18(12-3-4-12)23(19,20)15-13(21-2)5-6-22-15/h5-8,12H,3-4H2,1-2H3. The normalized spacial score (nSPS) is 14.3. The lowest BCUT2D eigenvalue weighted by atomic mass is 10.2. The number of nitriles is 1. The molecule has 0 bridgehead atoms. The van der Waals surface area contributed by atoms with Crippen molar-refractivity contribution in [2.75, 3.05) is 11.4 Å². The second kappa shape index (κ2) is 5.83. The highest BCUT2D eigenvalue weighted by molar-refractivity contribution is 7.94. The third-order valence-electron chi connectivity index (χ3n) is 3.48. The van der Waals surface area contributed by atoms with Gasteiger partial charge in [-0.2, -0.15) is 13.7 Å². The van der Waals surface area contributed by atoms with Crippen LogP contribution < -0.4 is 9.04 Å². The van der Waals surface area contributed by atoms with E-state index in [2.05, 4.69) is 4.98 Å². The fourth-order valence-electron chi connectivity index (χ4n) is 2.36. The van der Waals surface area contributed by atoms with Gasteiger partial charge in [0.15, 0.2) is 4.21 Å². The summed E-state index contributed by atoms with van der Waals surface area (Å²) in [6, 6.07) is 6.71. The van der Waals surface area contributed by atoms with Gasteiger partial charge in [0.2, 0.25) is 0 Å². The summed E-state index contributed by atoms with van der Waals surface area (Å²) in [7, 11) is -2.33. The van der Waals surface area contributed by atoms with Gasteiger partial charge < -0.3 is 4.74 Å². The number of rotatable bonds is 5. The van der Waals surface area contributed by atoms with Crippen molar-refractivity contribution in [1.29, 1.82) is 5.26 Å². The van der Waals surface area contributed by atoms with Crippen molar-refractivity contribution in [2.45, 2.75) is 30.0 Å². The van der Waals surface area contributed by atoms with Crippen LogP contribution in [0.4, 0.5) is 5.82 Å². The molecule has 0 saturated heterocycles. The van der Waals surface area contributed by atoms with Crippen LogP contribution in [0.1, 0.15) is 24.1 Å². The third kappa shape index (κ3) is 2.90. The summed E-state index contributed by atoms with van der Waals surface area (Å²) in [5.74, 6) is 0.619. The minimum atomic E-state index is -3.78. The number of thiophene rings is 1. The highest BCUT2D eigenvalue weighted by atomic mass is 32.2. The highest BCUT2D eigenvalue weighted by Gasteiger charge is 2.41. The molecule has 1 fully saturated rings.